The van der Waals surface area contributed by atoms with Gasteiger partial charge in [-0.15, -0.1) is 23.8 Å². The summed E-state index contributed by atoms with van der Waals surface area (Å²) in [6.07, 6.45) is 4.94. The summed E-state index contributed by atoms with van der Waals surface area (Å²) >= 11 is 0. The van der Waals surface area contributed by atoms with Crippen LogP contribution >= 0.6 is 0 Å². The Balaban J connectivity index is 0.00000210. The summed E-state index contributed by atoms with van der Waals surface area (Å²) in [7, 11) is 0. The molecule has 0 saturated carbocycles. The molecule has 1 N–H and O–H groups in total. The van der Waals surface area contributed by atoms with Crippen molar-refractivity contribution >= 4 is 0 Å². The molecule has 0 radical (unpaired) electrons. The van der Waals surface area contributed by atoms with Crippen LogP contribution in [-0.4, -0.2) is 20.1 Å². The number of hydrogen-bond acceptors (Lipinski definition) is 5. The average molecular weight is 535 g/mol. The third-order valence-corrected chi connectivity index (χ3v) is 3.71. The number of para-hydroxylation sites is 1. The molecule has 0 bridgehead atoms. The summed E-state index contributed by atoms with van der Waals surface area (Å²) in [5, 5.41) is 10.0. The van der Waals surface area contributed by atoms with E-state index in [1.165, 1.54) is 0 Å². The van der Waals surface area contributed by atoms with Crippen LogP contribution < -0.4 is 4.74 Å². The van der Waals surface area contributed by atoms with Gasteiger partial charge < -0.3 is 9.84 Å². The topological polar surface area (TPSA) is 68.1 Å². The largest absolute Gasteiger partial charge is 0.507 e. The van der Waals surface area contributed by atoms with Gasteiger partial charge in [-0.2, -0.15) is 0 Å². The number of pyridine rings is 1. The fourth-order valence-electron chi connectivity index (χ4n) is 2.49. The first-order chi connectivity index (χ1) is 12.8. The first kappa shape index (κ1) is 18.7. The zero-order valence-electron chi connectivity index (χ0n) is 14.0. The molecule has 27 heavy (non-hydrogen) atoms. The maximum atomic E-state index is 10.0. The number of rotatable bonds is 4. The summed E-state index contributed by atoms with van der Waals surface area (Å²) in [6.45, 7) is 0. The number of benzene rings is 2. The molecule has 0 aliphatic rings. The van der Waals surface area contributed by atoms with Gasteiger partial charge >= 0.3 is 0 Å². The molecule has 0 aliphatic heterocycles. The quantitative estimate of drug-likeness (QED) is 0.390. The van der Waals surface area contributed by atoms with Crippen LogP contribution in [0.5, 0.6) is 17.4 Å². The second-order valence-corrected chi connectivity index (χ2v) is 5.51. The maximum absolute atomic E-state index is 10.0. The monoisotopic (exact) mass is 535 g/mol. The predicted molar refractivity (Wildman–Crippen MR) is 97.7 cm³/mol. The van der Waals surface area contributed by atoms with E-state index in [1.807, 2.05) is 30.3 Å². The van der Waals surface area contributed by atoms with Crippen molar-refractivity contribution in [1.82, 2.24) is 15.0 Å². The standard InChI is InChI=1S/C21H14N3O2.Pt/c25-20-9-2-1-8-17(20)19-14-22-13-18(24-19)15-6-5-7-16(12-15)26-21-10-3-4-11-23-21;/h1-11,13-14,25H;/q-1;. The van der Waals surface area contributed by atoms with Crippen molar-refractivity contribution < 1.29 is 30.9 Å². The fourth-order valence-corrected chi connectivity index (χ4v) is 2.49. The number of aromatic hydroxyl groups is 1. The molecule has 0 saturated heterocycles. The molecule has 0 unspecified atom stereocenters. The van der Waals surface area contributed by atoms with Crippen LogP contribution in [0.15, 0.2) is 79.3 Å². The van der Waals surface area contributed by atoms with Crippen molar-refractivity contribution in [2.45, 2.75) is 0 Å². The zero-order valence-corrected chi connectivity index (χ0v) is 16.3. The minimum atomic E-state index is 0. The smallest absolute Gasteiger partial charge is 0.217 e. The third-order valence-electron chi connectivity index (χ3n) is 3.71. The van der Waals surface area contributed by atoms with Crippen molar-refractivity contribution in [3.05, 3.63) is 85.3 Å². The zero-order chi connectivity index (χ0) is 17.8. The van der Waals surface area contributed by atoms with Crippen LogP contribution in [0, 0.1) is 6.07 Å². The molecule has 0 aliphatic carbocycles. The van der Waals surface area contributed by atoms with Gasteiger partial charge in [0.25, 0.3) is 0 Å². The van der Waals surface area contributed by atoms with Gasteiger partial charge in [0.1, 0.15) is 5.75 Å². The molecule has 0 amide bonds. The van der Waals surface area contributed by atoms with E-state index in [9.17, 15) is 5.11 Å². The summed E-state index contributed by atoms with van der Waals surface area (Å²) in [5.41, 5.74) is 2.59. The Morgan fingerprint density at radius 3 is 2.48 bits per heavy atom. The van der Waals surface area contributed by atoms with Gasteiger partial charge in [-0.3, -0.25) is 9.97 Å². The SMILES string of the molecule is Oc1ccccc1-c1cncc(-c2[c-]c(Oc3ccccn3)ccc2)n1.[Pt]. The minimum Gasteiger partial charge on any atom is -0.507 e. The minimum absolute atomic E-state index is 0. The van der Waals surface area contributed by atoms with Crippen molar-refractivity contribution in [2.75, 3.05) is 0 Å². The van der Waals surface area contributed by atoms with Crippen molar-refractivity contribution in [1.29, 1.82) is 0 Å². The Kier molecular flexibility index (Phi) is 5.94. The van der Waals surface area contributed by atoms with Gasteiger partial charge in [-0.25, -0.2) is 4.98 Å². The molecule has 0 fully saturated rings. The number of ether oxygens (including phenoxy) is 1. The molecule has 5 nitrogen and oxygen atoms in total. The number of nitrogens with zero attached hydrogens (tertiary/aromatic N) is 3. The Morgan fingerprint density at radius 1 is 0.852 bits per heavy atom. The van der Waals surface area contributed by atoms with Gasteiger partial charge in [0.2, 0.25) is 5.88 Å². The summed E-state index contributed by atoms with van der Waals surface area (Å²) in [4.78, 5) is 13.0. The van der Waals surface area contributed by atoms with Gasteiger partial charge in [-0.05, 0) is 18.2 Å². The fraction of sp³-hybridized carbons (Fsp3) is 0. The first-order valence-corrected chi connectivity index (χ1v) is 8.01. The van der Waals surface area contributed by atoms with E-state index in [0.29, 0.717) is 28.6 Å². The number of aromatic nitrogens is 3. The third kappa shape index (κ3) is 4.38. The molecule has 136 valence electrons. The second-order valence-electron chi connectivity index (χ2n) is 5.51. The number of hydrogen-bond donors (Lipinski definition) is 1. The first-order valence-electron chi connectivity index (χ1n) is 8.01. The van der Waals surface area contributed by atoms with Gasteiger partial charge in [0, 0.05) is 56.5 Å². The Hall–Kier alpha value is -3.04. The van der Waals surface area contributed by atoms with Crippen LogP contribution in [0.2, 0.25) is 0 Å². The van der Waals surface area contributed by atoms with Crippen molar-refractivity contribution in [3.8, 4) is 39.9 Å². The normalized spacial score (nSPS) is 10.1. The van der Waals surface area contributed by atoms with E-state index in [2.05, 4.69) is 21.0 Å². The molecule has 6 heteroatoms. The second kappa shape index (κ2) is 8.56. The van der Waals surface area contributed by atoms with Gasteiger partial charge in [0.05, 0.1) is 11.9 Å². The average Bonchev–Trinajstić information content (AvgIpc) is 2.69. The molecule has 2 aromatic carbocycles. The van der Waals surface area contributed by atoms with Crippen LogP contribution in [0.4, 0.5) is 0 Å². The van der Waals surface area contributed by atoms with Crippen molar-refractivity contribution in [2.24, 2.45) is 0 Å². The molecule has 2 heterocycles. The number of phenolic OH excluding ortho intramolecular Hbond substituents is 1. The summed E-state index contributed by atoms with van der Waals surface area (Å²) < 4.78 is 5.72. The van der Waals surface area contributed by atoms with E-state index in [1.54, 1.807) is 48.9 Å². The van der Waals surface area contributed by atoms with Crippen LogP contribution in [0.3, 0.4) is 0 Å². The van der Waals surface area contributed by atoms with Crippen LogP contribution in [-0.2, 0) is 21.1 Å². The molecule has 0 spiro atoms. The van der Waals surface area contributed by atoms with Crippen molar-refractivity contribution in [3.63, 3.8) is 0 Å². The summed E-state index contributed by atoms with van der Waals surface area (Å²) in [6, 6.07) is 21.2. The Labute approximate surface area is 171 Å². The van der Waals surface area contributed by atoms with E-state index < -0.39 is 0 Å². The van der Waals surface area contributed by atoms with E-state index in [-0.39, 0.29) is 26.8 Å². The predicted octanol–water partition coefficient (Wildman–Crippen LogP) is 4.50. The van der Waals surface area contributed by atoms with Crippen LogP contribution in [0.1, 0.15) is 0 Å². The summed E-state index contributed by atoms with van der Waals surface area (Å²) in [5.74, 6) is 1.20. The van der Waals surface area contributed by atoms with E-state index in [4.69, 9.17) is 4.74 Å². The molecular formula is C21H14N3O2Pt-. The number of phenols is 1. The molecule has 0 atom stereocenters. The molecule has 2 aromatic heterocycles. The maximum Gasteiger partial charge on any atom is 0.217 e. The van der Waals surface area contributed by atoms with Crippen LogP contribution in [0.25, 0.3) is 22.5 Å². The Bertz CT molecular complexity index is 1040. The molecular weight excluding hydrogens is 521 g/mol. The van der Waals surface area contributed by atoms with Gasteiger partial charge in [-0.1, -0.05) is 24.3 Å². The van der Waals surface area contributed by atoms with E-state index >= 15 is 0 Å². The van der Waals surface area contributed by atoms with E-state index in [0.717, 1.165) is 5.56 Å². The van der Waals surface area contributed by atoms with Gasteiger partial charge in [0.15, 0.2) is 0 Å². The Morgan fingerprint density at radius 2 is 1.67 bits per heavy atom. The molecule has 4 aromatic rings. The molecule has 4 rings (SSSR count).